The van der Waals surface area contributed by atoms with Crippen LogP contribution in [0.15, 0.2) is 64.7 Å². The van der Waals surface area contributed by atoms with E-state index in [4.69, 9.17) is 13.9 Å². The maximum Gasteiger partial charge on any atom is 0.373 e. The number of rotatable bonds is 10. The number of ether oxygens (including phenoxy) is 3. The number of nitrogens with one attached hydrogen (secondary N) is 1. The Kier molecular flexibility index (Phi) is 7.71. The van der Waals surface area contributed by atoms with Crippen LogP contribution in [-0.2, 0) is 22.7 Å². The molecule has 0 spiro atoms. The first-order chi connectivity index (χ1) is 18.3. The Labute approximate surface area is 216 Å². The third-order valence-electron chi connectivity index (χ3n) is 5.44. The number of hydrogen-bond acceptors (Lipinski definition) is 9. The van der Waals surface area contributed by atoms with Crippen LogP contribution in [0.3, 0.4) is 0 Å². The van der Waals surface area contributed by atoms with E-state index in [2.05, 4.69) is 10.1 Å². The van der Waals surface area contributed by atoms with Crippen LogP contribution >= 0.6 is 0 Å². The molecular formula is C26H23N3O9. The van der Waals surface area contributed by atoms with Crippen molar-refractivity contribution < 1.29 is 37.9 Å². The van der Waals surface area contributed by atoms with Gasteiger partial charge in [0.1, 0.15) is 18.1 Å². The Hall–Kier alpha value is -5.13. The predicted molar refractivity (Wildman–Crippen MR) is 132 cm³/mol. The molecule has 1 aliphatic heterocycles. The van der Waals surface area contributed by atoms with Crippen molar-refractivity contribution in [1.82, 2.24) is 10.2 Å². The lowest BCUT2D eigenvalue weighted by Crippen LogP contribution is -2.30. The van der Waals surface area contributed by atoms with Gasteiger partial charge >= 0.3 is 12.0 Å². The molecule has 1 aliphatic rings. The molecule has 1 aromatic heterocycles. The van der Waals surface area contributed by atoms with Crippen LogP contribution in [0.25, 0.3) is 6.08 Å². The lowest BCUT2D eigenvalue weighted by molar-refractivity contribution is -0.384. The first-order valence-corrected chi connectivity index (χ1v) is 11.4. The first kappa shape index (κ1) is 25.9. The Bertz CT molecular complexity index is 1410. The van der Waals surface area contributed by atoms with Gasteiger partial charge < -0.3 is 23.9 Å². The van der Waals surface area contributed by atoms with Crippen LogP contribution in [0.1, 0.15) is 34.4 Å². The number of hydrogen-bond donors (Lipinski definition) is 1. The van der Waals surface area contributed by atoms with Crippen molar-refractivity contribution in [2.45, 2.75) is 20.1 Å². The number of carbonyl (C=O) groups is 3. The Morgan fingerprint density at radius 3 is 2.53 bits per heavy atom. The van der Waals surface area contributed by atoms with E-state index in [9.17, 15) is 24.5 Å². The highest BCUT2D eigenvalue weighted by atomic mass is 16.6. The molecule has 1 saturated heterocycles. The normalized spacial score (nSPS) is 13.9. The molecule has 0 unspecified atom stereocenters. The number of urea groups is 1. The minimum absolute atomic E-state index is 0.0108. The Morgan fingerprint density at radius 1 is 1.08 bits per heavy atom. The number of benzene rings is 2. The molecular weight excluding hydrogens is 498 g/mol. The Morgan fingerprint density at radius 2 is 1.84 bits per heavy atom. The van der Waals surface area contributed by atoms with Gasteiger partial charge in [-0.25, -0.2) is 9.59 Å². The van der Waals surface area contributed by atoms with Crippen LogP contribution in [0.5, 0.6) is 11.5 Å². The first-order valence-electron chi connectivity index (χ1n) is 11.4. The number of furan rings is 1. The number of imide groups is 1. The maximum absolute atomic E-state index is 12.9. The smallest absolute Gasteiger partial charge is 0.373 e. The summed E-state index contributed by atoms with van der Waals surface area (Å²) < 4.78 is 21.5. The topological polar surface area (TPSA) is 150 Å². The number of nitrogens with zero attached hydrogens (tertiary/aromatic N) is 2. The van der Waals surface area contributed by atoms with Crippen LogP contribution in [0, 0.1) is 10.1 Å². The van der Waals surface area contributed by atoms with E-state index in [0.717, 1.165) is 10.5 Å². The molecule has 0 bridgehead atoms. The fraction of sp³-hybridized carbons (Fsp3) is 0.192. The highest BCUT2D eigenvalue weighted by Crippen LogP contribution is 2.31. The summed E-state index contributed by atoms with van der Waals surface area (Å²) >= 11 is 0. The fourth-order valence-corrected chi connectivity index (χ4v) is 3.59. The van der Waals surface area contributed by atoms with Crippen LogP contribution in [0.4, 0.5) is 10.5 Å². The number of nitro groups is 1. The molecule has 0 radical (unpaired) electrons. The van der Waals surface area contributed by atoms with Gasteiger partial charge in [0.05, 0.1) is 25.2 Å². The van der Waals surface area contributed by atoms with Gasteiger partial charge in [0.2, 0.25) is 5.76 Å². The number of non-ortho nitro benzene ring substituents is 1. The number of amides is 3. The summed E-state index contributed by atoms with van der Waals surface area (Å²) in [5.41, 5.74) is 1.35. The van der Waals surface area contributed by atoms with Gasteiger partial charge in [-0.1, -0.05) is 6.07 Å². The minimum atomic E-state index is -0.667. The van der Waals surface area contributed by atoms with Crippen LogP contribution < -0.4 is 14.8 Å². The number of esters is 1. The van der Waals surface area contributed by atoms with Gasteiger partial charge in [-0.3, -0.25) is 19.8 Å². The summed E-state index contributed by atoms with van der Waals surface area (Å²) in [6.07, 6.45) is 1.50. The van der Waals surface area contributed by atoms with Crippen molar-refractivity contribution in [3.8, 4) is 11.5 Å². The van der Waals surface area contributed by atoms with Crippen molar-refractivity contribution >= 4 is 29.7 Å². The molecule has 196 valence electrons. The largest absolute Gasteiger partial charge is 0.490 e. The molecule has 1 fully saturated rings. The van der Waals surface area contributed by atoms with Crippen molar-refractivity contribution in [1.29, 1.82) is 0 Å². The summed E-state index contributed by atoms with van der Waals surface area (Å²) in [4.78, 5) is 48.2. The predicted octanol–water partition coefficient (Wildman–Crippen LogP) is 4.05. The van der Waals surface area contributed by atoms with E-state index >= 15 is 0 Å². The second-order valence-electron chi connectivity index (χ2n) is 7.99. The molecule has 1 N–H and O–H groups in total. The zero-order valence-electron chi connectivity index (χ0n) is 20.5. The zero-order valence-corrected chi connectivity index (χ0v) is 20.5. The fourth-order valence-electron chi connectivity index (χ4n) is 3.59. The molecule has 3 aromatic rings. The van der Waals surface area contributed by atoms with Gasteiger partial charge in [-0.15, -0.1) is 0 Å². The zero-order chi connectivity index (χ0) is 27.2. The lowest BCUT2D eigenvalue weighted by Gasteiger charge is -2.13. The molecule has 12 heteroatoms. The second-order valence-corrected chi connectivity index (χ2v) is 7.99. The molecule has 38 heavy (non-hydrogen) atoms. The van der Waals surface area contributed by atoms with E-state index in [0.29, 0.717) is 23.7 Å². The monoisotopic (exact) mass is 521 g/mol. The third-order valence-corrected chi connectivity index (χ3v) is 5.44. The number of carbonyl (C=O) groups excluding carboxylic acids is 3. The third kappa shape index (κ3) is 5.81. The standard InChI is InChI=1S/C26H23N3O9/c1-3-36-23-13-17(6-10-21(23)37-15-16-4-7-18(8-5-16)29(33)34)12-20-24(30)28(26(32)27-20)14-19-9-11-22(38-19)25(31)35-2/h4-13H,3,14-15H2,1-2H3,(H,27,32)/b20-12-. The molecule has 0 saturated carbocycles. The van der Waals surface area contributed by atoms with E-state index < -0.39 is 22.8 Å². The summed E-state index contributed by atoms with van der Waals surface area (Å²) in [5.74, 6) is -0.173. The number of methoxy groups -OCH3 is 1. The highest BCUT2D eigenvalue weighted by Gasteiger charge is 2.34. The van der Waals surface area contributed by atoms with Crippen LogP contribution in [-0.4, -0.2) is 41.4 Å². The summed E-state index contributed by atoms with van der Waals surface area (Å²) in [6, 6.07) is 13.3. The Balaban J connectivity index is 1.46. The molecule has 4 rings (SSSR count). The average Bonchev–Trinajstić information content (AvgIpc) is 3.48. The van der Waals surface area contributed by atoms with Crippen LogP contribution in [0.2, 0.25) is 0 Å². The highest BCUT2D eigenvalue weighted by molar-refractivity contribution is 6.13. The average molecular weight is 521 g/mol. The van der Waals surface area contributed by atoms with Crippen molar-refractivity contribution in [3.63, 3.8) is 0 Å². The van der Waals surface area contributed by atoms with E-state index in [-0.39, 0.29) is 36.1 Å². The molecule has 2 heterocycles. The van der Waals surface area contributed by atoms with E-state index in [1.165, 1.54) is 37.5 Å². The number of nitro benzene ring substituents is 1. The van der Waals surface area contributed by atoms with Gasteiger partial charge in [0.15, 0.2) is 11.5 Å². The molecule has 0 aliphatic carbocycles. The van der Waals surface area contributed by atoms with Gasteiger partial charge in [-0.2, -0.15) is 0 Å². The molecule has 12 nitrogen and oxygen atoms in total. The van der Waals surface area contributed by atoms with Gasteiger partial charge in [0.25, 0.3) is 11.6 Å². The SMILES string of the molecule is CCOc1cc(/C=C2\NC(=O)N(Cc3ccc(C(=O)OC)o3)C2=O)ccc1OCc1ccc([N+](=O)[O-])cc1. The van der Waals surface area contributed by atoms with Gasteiger partial charge in [-0.05, 0) is 60.5 Å². The van der Waals surface area contributed by atoms with E-state index in [1.807, 2.05) is 6.92 Å². The van der Waals surface area contributed by atoms with Crippen molar-refractivity contribution in [3.05, 3.63) is 93.1 Å². The molecule has 3 amide bonds. The molecule has 0 atom stereocenters. The second kappa shape index (κ2) is 11.3. The summed E-state index contributed by atoms with van der Waals surface area (Å²) in [7, 11) is 1.22. The quantitative estimate of drug-likeness (QED) is 0.137. The maximum atomic E-state index is 12.9. The van der Waals surface area contributed by atoms with Gasteiger partial charge in [0, 0.05) is 12.1 Å². The van der Waals surface area contributed by atoms with Crippen molar-refractivity contribution in [2.75, 3.05) is 13.7 Å². The molecule has 2 aromatic carbocycles. The lowest BCUT2D eigenvalue weighted by atomic mass is 10.1. The summed E-state index contributed by atoms with van der Waals surface area (Å²) in [5, 5.41) is 13.4. The minimum Gasteiger partial charge on any atom is -0.490 e. The van der Waals surface area contributed by atoms with E-state index in [1.54, 1.807) is 30.3 Å². The van der Waals surface area contributed by atoms with Crippen molar-refractivity contribution in [2.24, 2.45) is 0 Å². The summed E-state index contributed by atoms with van der Waals surface area (Å²) in [6.45, 7) is 2.16.